The monoisotopic (exact) mass is 933 g/mol. The van der Waals surface area contributed by atoms with Gasteiger partial charge in [-0.2, -0.15) is 0 Å². The fraction of sp³-hybridized carbons (Fsp3) is 0.467. The summed E-state index contributed by atoms with van der Waals surface area (Å²) in [7, 11) is -6.53. The molecule has 0 saturated carbocycles. The molecule has 0 atom stereocenters. The molecule has 4 aromatic carbocycles. The molecule has 12 heteroatoms. The Hall–Kier alpha value is -2.61. The maximum atomic E-state index is 9.08. The molecule has 0 aliphatic carbocycles. The van der Waals surface area contributed by atoms with Crippen LogP contribution in [0.4, 0.5) is 5.69 Å². The number of hydrogen-bond acceptors (Lipinski definition) is 8. The van der Waals surface area contributed by atoms with E-state index in [9.17, 15) is 0 Å². The average molecular weight is 935 g/mol. The second-order valence-corrected chi connectivity index (χ2v) is 23.5. The van der Waals surface area contributed by atoms with Crippen LogP contribution in [0.25, 0.3) is 22.3 Å². The molecular weight excluding hydrogens is 868 g/mol. The fourth-order valence-corrected chi connectivity index (χ4v) is 10.9. The Morgan fingerprint density at radius 1 is 0.649 bits per heavy atom. The van der Waals surface area contributed by atoms with E-state index >= 15 is 0 Å². The van der Waals surface area contributed by atoms with Crippen molar-refractivity contribution in [2.45, 2.75) is 118 Å². The van der Waals surface area contributed by atoms with E-state index in [0.717, 1.165) is 17.0 Å². The summed E-state index contributed by atoms with van der Waals surface area (Å²) in [6.07, 6.45) is 1.21. The maximum Gasteiger partial charge on any atom is 2.00 e. The van der Waals surface area contributed by atoms with Gasteiger partial charge in [0.05, 0.1) is 27.3 Å². The second-order valence-electron chi connectivity index (χ2n) is 16.9. The molecule has 0 radical (unpaired) electrons. The van der Waals surface area contributed by atoms with Crippen LogP contribution in [0.15, 0.2) is 78.9 Å². The maximum absolute atomic E-state index is 9.08. The third-order valence-electron chi connectivity index (χ3n) is 8.56. The van der Waals surface area contributed by atoms with Gasteiger partial charge in [-0.25, -0.2) is 16.8 Å². The van der Waals surface area contributed by atoms with Crippen LogP contribution in [-0.4, -0.2) is 55.9 Å². The van der Waals surface area contributed by atoms with Crippen molar-refractivity contribution in [3.8, 4) is 28.0 Å². The van der Waals surface area contributed by atoms with Crippen LogP contribution in [0.5, 0.6) is 5.75 Å². The van der Waals surface area contributed by atoms with E-state index in [4.69, 9.17) is 36.4 Å². The van der Waals surface area contributed by atoms with Crippen molar-refractivity contribution in [2.75, 3.05) is 25.4 Å². The third kappa shape index (κ3) is 18.5. The molecular formula is C45H66NO7PPdS2. The van der Waals surface area contributed by atoms with E-state index in [1.54, 1.807) is 0 Å². The van der Waals surface area contributed by atoms with E-state index in [0.29, 0.717) is 30.3 Å². The van der Waals surface area contributed by atoms with Gasteiger partial charge in [-0.15, -0.1) is 0 Å². The van der Waals surface area contributed by atoms with Crippen LogP contribution in [-0.2, 0) is 40.7 Å². The Labute approximate surface area is 360 Å². The van der Waals surface area contributed by atoms with Crippen LogP contribution in [0.2, 0.25) is 0 Å². The van der Waals surface area contributed by atoms with Gasteiger partial charge in [0.15, 0.2) is 0 Å². The van der Waals surface area contributed by atoms with Crippen molar-refractivity contribution < 1.29 is 51.1 Å². The van der Waals surface area contributed by atoms with Gasteiger partial charge in [0.1, 0.15) is 5.75 Å². The molecule has 0 aromatic heterocycles. The van der Waals surface area contributed by atoms with Gasteiger partial charge in [0.2, 0.25) is 0 Å². The summed E-state index contributed by atoms with van der Waals surface area (Å²) in [5.41, 5.74) is 17.6. The predicted molar refractivity (Wildman–Crippen MR) is 239 cm³/mol. The van der Waals surface area contributed by atoms with Crippen molar-refractivity contribution in [1.29, 1.82) is 0 Å². The van der Waals surface area contributed by atoms with Gasteiger partial charge < -0.3 is 19.6 Å². The summed E-state index contributed by atoms with van der Waals surface area (Å²) < 4.78 is 60.6. The standard InChI is InChI=1S/C31H49OP.C12H11N.2CH4O3S.Pd/c1-19(2)23-17-24(20(3)4)28(25(18-23)21(5)6)27-22(7)15-16-26(32-14)29(27)33(30(8,9)10)31(11,12)13;13-12-9-5-4-8-11(12)10-6-2-1-3-7-10;2*1-5(2,3)4;/h15-21H,1-14H3;1-9H,13H2;2*1H3,(H,2,3,4);/q;;;;+2/p-2. The summed E-state index contributed by atoms with van der Waals surface area (Å²) in [5, 5.41) is 1.74. The van der Waals surface area contributed by atoms with Gasteiger partial charge in [-0.05, 0) is 86.1 Å². The SMILES string of the molecule is COc1ccc(C)c(-c2c(C(C)C)cc(C(C)C)cc2C(C)C)c1P(C(C)(C)C)C(C)(C)C.CS(=O)(=O)[O-].CS(=O)(=O)[O-].Nc1ccccc1-c1ccccc1.[Pd+2]. The van der Waals surface area contributed by atoms with Gasteiger partial charge in [0.25, 0.3) is 0 Å². The predicted octanol–water partition coefficient (Wildman–Crippen LogP) is 11.0. The average Bonchev–Trinajstić information content (AvgIpc) is 3.02. The Morgan fingerprint density at radius 3 is 1.40 bits per heavy atom. The van der Waals surface area contributed by atoms with Crippen molar-refractivity contribution in [3.05, 3.63) is 101 Å². The van der Waals surface area contributed by atoms with Crippen LogP contribution < -0.4 is 15.8 Å². The van der Waals surface area contributed by atoms with Crippen molar-refractivity contribution in [2.24, 2.45) is 0 Å². The van der Waals surface area contributed by atoms with E-state index in [1.807, 2.05) is 49.6 Å². The summed E-state index contributed by atoms with van der Waals surface area (Å²) in [5.74, 6) is 2.46. The molecule has 2 N–H and O–H groups in total. The Morgan fingerprint density at radius 2 is 1.05 bits per heavy atom. The Balaban J connectivity index is 0.00000106. The first-order valence-electron chi connectivity index (χ1n) is 18.8. The molecule has 0 aliphatic rings. The van der Waals surface area contributed by atoms with Gasteiger partial charge in [0, 0.05) is 29.1 Å². The first-order chi connectivity index (χ1) is 25.4. The van der Waals surface area contributed by atoms with Crippen LogP contribution in [0, 0.1) is 6.92 Å². The number of nitrogen functional groups attached to an aromatic ring is 1. The number of aryl methyl sites for hydroxylation is 1. The van der Waals surface area contributed by atoms with E-state index in [2.05, 4.69) is 126 Å². The molecule has 0 saturated heterocycles. The molecule has 4 rings (SSSR count). The number of benzene rings is 4. The molecule has 0 spiro atoms. The number of methoxy groups -OCH3 is 1. The molecule has 0 bridgehead atoms. The summed E-state index contributed by atoms with van der Waals surface area (Å²) in [4.78, 5) is 0. The zero-order valence-corrected chi connectivity index (χ0v) is 40.8. The van der Waals surface area contributed by atoms with Gasteiger partial charge in [-0.3, -0.25) is 0 Å². The second kappa shape index (κ2) is 22.7. The van der Waals surface area contributed by atoms with Crippen LogP contribution >= 0.6 is 7.92 Å². The topological polar surface area (TPSA) is 150 Å². The molecule has 4 aromatic rings. The first kappa shape index (κ1) is 54.4. The fourth-order valence-electron chi connectivity index (χ4n) is 6.67. The minimum Gasteiger partial charge on any atom is -0.748 e. The zero-order valence-electron chi connectivity index (χ0n) is 36.8. The normalized spacial score (nSPS) is 11.8. The number of rotatable bonds is 7. The van der Waals surface area contributed by atoms with E-state index in [-0.39, 0.29) is 30.7 Å². The number of ether oxygens (including phenoxy) is 1. The van der Waals surface area contributed by atoms with Crippen molar-refractivity contribution >= 4 is 39.1 Å². The summed E-state index contributed by atoms with van der Waals surface area (Å²) in [6.45, 7) is 30.7. The van der Waals surface area contributed by atoms with Crippen LogP contribution in [0.3, 0.4) is 0 Å². The van der Waals surface area contributed by atoms with E-state index < -0.39 is 28.2 Å². The minimum atomic E-state index is -3.92. The molecule has 0 fully saturated rings. The van der Waals surface area contributed by atoms with Gasteiger partial charge >= 0.3 is 20.4 Å². The Bertz CT molecular complexity index is 2000. The van der Waals surface area contributed by atoms with Crippen molar-refractivity contribution in [3.63, 3.8) is 0 Å². The molecule has 8 nitrogen and oxygen atoms in total. The number of anilines is 1. The number of nitrogens with two attached hydrogens (primary N) is 1. The van der Waals surface area contributed by atoms with Crippen LogP contribution in [0.1, 0.15) is 123 Å². The van der Waals surface area contributed by atoms with Gasteiger partial charge in [-0.1, -0.05) is 158 Å². The largest absolute Gasteiger partial charge is 2.00 e. The molecule has 0 heterocycles. The summed E-state index contributed by atoms with van der Waals surface area (Å²) >= 11 is 0. The third-order valence-corrected chi connectivity index (χ3v) is 12.1. The number of hydrogen-bond donors (Lipinski definition) is 1. The smallest absolute Gasteiger partial charge is 0.748 e. The van der Waals surface area contributed by atoms with E-state index in [1.165, 1.54) is 44.2 Å². The molecule has 0 aliphatic heterocycles. The molecule has 57 heavy (non-hydrogen) atoms. The quantitative estimate of drug-likeness (QED) is 0.0833. The van der Waals surface area contributed by atoms with Crippen molar-refractivity contribution in [1.82, 2.24) is 0 Å². The minimum absolute atomic E-state index is 0. The molecule has 0 unspecified atom stereocenters. The molecule has 320 valence electrons. The zero-order chi connectivity index (χ0) is 43.6. The molecule has 0 amide bonds. The first-order valence-corrected chi connectivity index (χ1v) is 23.7. The Kier molecular flexibility index (Phi) is 21.6. The summed E-state index contributed by atoms with van der Waals surface area (Å²) in [6, 6.07) is 27.5. The number of para-hydroxylation sites is 1.